The predicted molar refractivity (Wildman–Crippen MR) is 188 cm³/mol. The summed E-state index contributed by atoms with van der Waals surface area (Å²) in [6.45, 7) is 13.5. The lowest BCUT2D eigenvalue weighted by Gasteiger charge is -2.36. The number of hydrogen-bond acceptors (Lipinski definition) is 9. The number of pyridine rings is 1. The first kappa shape index (κ1) is 37.0. The van der Waals surface area contributed by atoms with Gasteiger partial charge in [-0.15, -0.1) is 0 Å². The lowest BCUT2D eigenvalue weighted by atomic mass is 9.85. The number of urea groups is 1. The third-order valence-corrected chi connectivity index (χ3v) is 9.23. The van der Waals surface area contributed by atoms with Gasteiger partial charge in [0.1, 0.15) is 30.0 Å². The van der Waals surface area contributed by atoms with Crippen LogP contribution in [0.2, 0.25) is 0 Å². The van der Waals surface area contributed by atoms with E-state index in [0.29, 0.717) is 18.2 Å². The van der Waals surface area contributed by atoms with Crippen LogP contribution in [0.15, 0.2) is 30.5 Å². The number of nitrogens with zero attached hydrogens (tertiary/aromatic N) is 2. The molecule has 1 aliphatic heterocycles. The Balaban J connectivity index is 1.44. The van der Waals surface area contributed by atoms with Gasteiger partial charge in [-0.1, -0.05) is 20.8 Å². The fraction of sp³-hybridized carbons (Fsp3) is 0.622. The van der Waals surface area contributed by atoms with Crippen LogP contribution >= 0.6 is 0 Å². The van der Waals surface area contributed by atoms with Gasteiger partial charge in [0.15, 0.2) is 6.29 Å². The number of nitrogens with one attached hydrogen (secondary N) is 4. The number of ether oxygens (including phenoxy) is 2. The van der Waals surface area contributed by atoms with Crippen LogP contribution < -0.4 is 30.7 Å². The summed E-state index contributed by atoms with van der Waals surface area (Å²) in [6.07, 6.45) is 5.08. The second-order valence-electron chi connectivity index (χ2n) is 15.9. The fourth-order valence-corrected chi connectivity index (χ4v) is 6.48. The fourth-order valence-electron chi connectivity index (χ4n) is 6.48. The van der Waals surface area contributed by atoms with E-state index >= 15 is 0 Å². The maximum atomic E-state index is 14.5. The number of carbonyl (C=O) groups excluding carboxylic acids is 5. The van der Waals surface area contributed by atoms with Crippen LogP contribution in [0.3, 0.4) is 0 Å². The molecule has 3 aliphatic rings. The van der Waals surface area contributed by atoms with Gasteiger partial charge in [-0.2, -0.15) is 0 Å². The molecule has 272 valence electrons. The molecule has 2 aromatic rings. The van der Waals surface area contributed by atoms with Crippen LogP contribution in [-0.4, -0.2) is 94.8 Å². The monoisotopic (exact) mass is 692 g/mol. The molecule has 1 saturated heterocycles. The minimum Gasteiger partial charge on any atom is -0.494 e. The number of benzene rings is 1. The largest absolute Gasteiger partial charge is 0.494 e. The SMILES string of the molecule is CCOc1ccc2c(O[C@@H]3C[C@@H](C(=O)NC(C(=O)C=O)[C@@H](NC4CC4)C4CC4)N(C(=O)C(NC(=O)NC(C)(C)C)C(C)(C)C)C3)nccc2c1. The van der Waals surface area contributed by atoms with Crippen molar-refractivity contribution >= 4 is 40.7 Å². The zero-order valence-corrected chi connectivity index (χ0v) is 30.2. The van der Waals surface area contributed by atoms with Crippen LogP contribution in [0.5, 0.6) is 11.6 Å². The average molecular weight is 693 g/mol. The third kappa shape index (κ3) is 9.29. The van der Waals surface area contributed by atoms with Crippen molar-refractivity contribution in [3.05, 3.63) is 30.5 Å². The van der Waals surface area contributed by atoms with Crippen molar-refractivity contribution in [2.75, 3.05) is 13.2 Å². The Kier molecular flexibility index (Phi) is 11.0. The minimum atomic E-state index is -1.07. The van der Waals surface area contributed by atoms with Crippen molar-refractivity contribution in [1.82, 2.24) is 31.2 Å². The van der Waals surface area contributed by atoms with Crippen molar-refractivity contribution < 1.29 is 33.4 Å². The van der Waals surface area contributed by atoms with Crippen molar-refractivity contribution in [3.63, 3.8) is 0 Å². The molecule has 5 atom stereocenters. The number of hydrogen-bond donors (Lipinski definition) is 4. The van der Waals surface area contributed by atoms with Crippen LogP contribution in [0.4, 0.5) is 4.79 Å². The molecular formula is C37H52N6O7. The van der Waals surface area contributed by atoms with E-state index in [4.69, 9.17) is 9.47 Å². The van der Waals surface area contributed by atoms with Crippen molar-refractivity contribution in [3.8, 4) is 11.6 Å². The van der Waals surface area contributed by atoms with E-state index in [0.717, 1.165) is 36.5 Å². The van der Waals surface area contributed by atoms with Gasteiger partial charge in [-0.25, -0.2) is 9.78 Å². The molecule has 0 bridgehead atoms. The molecule has 50 heavy (non-hydrogen) atoms. The minimum absolute atomic E-state index is 0.0276. The van der Waals surface area contributed by atoms with Gasteiger partial charge in [-0.3, -0.25) is 19.2 Å². The van der Waals surface area contributed by atoms with Crippen molar-refractivity contribution in [1.29, 1.82) is 0 Å². The Labute approximate surface area is 294 Å². The number of amides is 4. The predicted octanol–water partition coefficient (Wildman–Crippen LogP) is 3.28. The molecule has 0 radical (unpaired) electrons. The van der Waals surface area contributed by atoms with E-state index in [9.17, 15) is 24.0 Å². The highest BCUT2D eigenvalue weighted by molar-refractivity contribution is 6.28. The molecule has 4 N–H and O–H groups in total. The molecule has 13 heteroatoms. The number of rotatable bonds is 14. The molecular weight excluding hydrogens is 640 g/mol. The molecule has 2 unspecified atom stereocenters. The van der Waals surface area contributed by atoms with Gasteiger partial charge in [-0.05, 0) is 94.4 Å². The number of aromatic nitrogens is 1. The maximum absolute atomic E-state index is 14.5. The highest BCUT2D eigenvalue weighted by Gasteiger charge is 2.48. The van der Waals surface area contributed by atoms with E-state index in [1.807, 2.05) is 72.7 Å². The number of fused-ring (bicyclic) bond motifs is 1. The van der Waals surface area contributed by atoms with E-state index in [1.54, 1.807) is 6.20 Å². The average Bonchev–Trinajstić information content (AvgIpc) is 3.98. The van der Waals surface area contributed by atoms with Crippen LogP contribution in [0.1, 0.15) is 80.6 Å². The lowest BCUT2D eigenvalue weighted by Crippen LogP contribution is -2.62. The Bertz CT molecular complexity index is 1590. The standard InChI is InChI=1S/C37H52N6O7/c1-8-49-24-13-14-26-22(17-24)15-16-38-33(26)50-25-18-27(32(46)40-30(28(45)20-44)29(21-9-10-21)39-23-11-12-23)43(19-25)34(47)31(36(2,3)4)41-35(48)42-37(5,6)7/h13-17,20-21,23,25,27,29-31,39H,8-12,18-19H2,1-7H3,(H,40,46)(H2,41,42,48)/t25-,27+,29+,30?,31?/m1/s1. The summed E-state index contributed by atoms with van der Waals surface area (Å²) in [5.41, 5.74) is -1.28. The summed E-state index contributed by atoms with van der Waals surface area (Å²) < 4.78 is 12.1. The summed E-state index contributed by atoms with van der Waals surface area (Å²) >= 11 is 0. The summed E-state index contributed by atoms with van der Waals surface area (Å²) in [7, 11) is 0. The Morgan fingerprint density at radius 2 is 1.74 bits per heavy atom. The molecule has 5 rings (SSSR count). The van der Waals surface area contributed by atoms with Crippen LogP contribution in [-0.2, 0) is 19.2 Å². The van der Waals surface area contributed by atoms with Gasteiger partial charge < -0.3 is 35.6 Å². The second-order valence-corrected chi connectivity index (χ2v) is 15.9. The highest BCUT2D eigenvalue weighted by atomic mass is 16.5. The summed E-state index contributed by atoms with van der Waals surface area (Å²) in [6, 6.07) is 3.67. The van der Waals surface area contributed by atoms with E-state index in [-0.39, 0.29) is 37.3 Å². The number of aldehydes is 1. The van der Waals surface area contributed by atoms with Crippen molar-refractivity contribution in [2.24, 2.45) is 11.3 Å². The maximum Gasteiger partial charge on any atom is 0.315 e. The molecule has 0 spiro atoms. The van der Waals surface area contributed by atoms with E-state index < -0.39 is 58.8 Å². The molecule has 4 amide bonds. The van der Waals surface area contributed by atoms with Gasteiger partial charge in [0.05, 0.1) is 13.2 Å². The molecule has 13 nitrogen and oxygen atoms in total. The summed E-state index contributed by atoms with van der Waals surface area (Å²) in [5.74, 6) is -0.524. The number of ketones is 1. The first-order chi connectivity index (χ1) is 23.6. The number of Topliss-reactive ketones (excluding diaryl/α,β-unsaturated/α-hetero) is 1. The normalized spacial score (nSPS) is 21.1. The number of likely N-dealkylation sites (tertiary alicyclic amines) is 1. The zero-order valence-electron chi connectivity index (χ0n) is 30.2. The Morgan fingerprint density at radius 1 is 1.02 bits per heavy atom. The summed E-state index contributed by atoms with van der Waals surface area (Å²) in [4.78, 5) is 72.5. The topological polar surface area (TPSA) is 168 Å². The van der Waals surface area contributed by atoms with Gasteiger partial charge in [0.25, 0.3) is 0 Å². The Hall–Kier alpha value is -4.26. The first-order valence-electron chi connectivity index (χ1n) is 17.7. The highest BCUT2D eigenvalue weighted by Crippen LogP contribution is 2.37. The molecule has 2 aliphatic carbocycles. The van der Waals surface area contributed by atoms with Gasteiger partial charge >= 0.3 is 6.03 Å². The molecule has 1 aromatic carbocycles. The molecule has 1 aromatic heterocycles. The quantitative estimate of drug-likeness (QED) is 0.172. The van der Waals surface area contributed by atoms with E-state index in [2.05, 4.69) is 26.3 Å². The smallest absolute Gasteiger partial charge is 0.315 e. The van der Waals surface area contributed by atoms with Gasteiger partial charge in [0.2, 0.25) is 23.5 Å². The summed E-state index contributed by atoms with van der Waals surface area (Å²) in [5, 5.41) is 13.6. The molecule has 2 saturated carbocycles. The van der Waals surface area contributed by atoms with Gasteiger partial charge in [0, 0.05) is 35.6 Å². The van der Waals surface area contributed by atoms with E-state index in [1.165, 1.54) is 4.90 Å². The van der Waals surface area contributed by atoms with Crippen LogP contribution in [0.25, 0.3) is 10.8 Å². The first-order valence-corrected chi connectivity index (χ1v) is 17.7. The molecule has 2 heterocycles. The number of carbonyl (C=O) groups is 5. The van der Waals surface area contributed by atoms with Crippen LogP contribution in [0, 0.1) is 11.3 Å². The Morgan fingerprint density at radius 3 is 2.34 bits per heavy atom. The lowest BCUT2D eigenvalue weighted by molar-refractivity contribution is -0.143. The second kappa shape index (κ2) is 14.9. The zero-order chi connectivity index (χ0) is 36.4. The van der Waals surface area contributed by atoms with Crippen molar-refractivity contribution in [2.45, 2.75) is 122 Å². The third-order valence-electron chi connectivity index (χ3n) is 9.23. The molecule has 3 fully saturated rings.